The topological polar surface area (TPSA) is 46.9 Å². The van der Waals surface area contributed by atoms with Crippen LogP contribution in [0.1, 0.15) is 21.5 Å². The molecule has 0 atom stereocenters. The zero-order valence-electron chi connectivity index (χ0n) is 14.7. The van der Waals surface area contributed by atoms with Crippen molar-refractivity contribution in [3.8, 4) is 5.69 Å². The molecule has 0 saturated heterocycles. The predicted molar refractivity (Wildman–Crippen MR) is 105 cm³/mol. The van der Waals surface area contributed by atoms with Crippen molar-refractivity contribution >= 4 is 22.6 Å². The van der Waals surface area contributed by atoms with Gasteiger partial charge in [-0.25, -0.2) is 4.98 Å². The fourth-order valence-corrected chi connectivity index (χ4v) is 3.20. The van der Waals surface area contributed by atoms with Crippen LogP contribution in [-0.2, 0) is 0 Å². The molecule has 4 nitrogen and oxygen atoms in total. The van der Waals surface area contributed by atoms with Crippen LogP contribution >= 0.6 is 0 Å². The lowest BCUT2D eigenvalue weighted by Crippen LogP contribution is -2.12. The van der Waals surface area contributed by atoms with Crippen LogP contribution in [0, 0.1) is 13.8 Å². The first-order valence-corrected chi connectivity index (χ1v) is 8.52. The largest absolute Gasteiger partial charge is 0.322 e. The predicted octanol–water partition coefficient (Wildman–Crippen LogP) is 4.89. The van der Waals surface area contributed by atoms with Gasteiger partial charge < -0.3 is 5.32 Å². The first-order valence-electron chi connectivity index (χ1n) is 8.52. The SMILES string of the molecule is Cc1cc(C)cc(NC(=O)c2ccc3c(c2)ncn3-c2ccccc2)c1. The molecule has 0 radical (unpaired) electrons. The van der Waals surface area contributed by atoms with Gasteiger partial charge in [0.05, 0.1) is 11.0 Å². The molecule has 0 aliphatic rings. The van der Waals surface area contributed by atoms with Crippen LogP contribution in [0.5, 0.6) is 0 Å². The van der Waals surface area contributed by atoms with Crippen molar-refractivity contribution in [1.29, 1.82) is 0 Å². The second-order valence-corrected chi connectivity index (χ2v) is 6.48. The summed E-state index contributed by atoms with van der Waals surface area (Å²) >= 11 is 0. The Kier molecular flexibility index (Phi) is 4.01. The molecule has 0 fully saturated rings. The molecular formula is C22H19N3O. The number of imidazole rings is 1. The number of anilines is 1. The van der Waals surface area contributed by atoms with Gasteiger partial charge in [0.2, 0.25) is 0 Å². The molecule has 0 bridgehead atoms. The number of carbonyl (C=O) groups is 1. The first kappa shape index (κ1) is 16.1. The first-order chi connectivity index (χ1) is 12.6. The quantitative estimate of drug-likeness (QED) is 0.576. The fraction of sp³-hybridized carbons (Fsp3) is 0.0909. The Morgan fingerprint density at radius 3 is 2.38 bits per heavy atom. The molecule has 1 aromatic heterocycles. The molecule has 1 N–H and O–H groups in total. The minimum Gasteiger partial charge on any atom is -0.322 e. The average molecular weight is 341 g/mol. The molecule has 1 amide bonds. The van der Waals surface area contributed by atoms with Gasteiger partial charge in [-0.1, -0.05) is 24.3 Å². The van der Waals surface area contributed by atoms with E-state index in [2.05, 4.69) is 16.4 Å². The minimum atomic E-state index is -0.133. The number of carbonyl (C=O) groups excluding carboxylic acids is 1. The zero-order valence-corrected chi connectivity index (χ0v) is 14.7. The maximum atomic E-state index is 12.6. The number of aromatic nitrogens is 2. The second kappa shape index (κ2) is 6.48. The highest BCUT2D eigenvalue weighted by atomic mass is 16.1. The van der Waals surface area contributed by atoms with Gasteiger partial charge in [-0.2, -0.15) is 0 Å². The van der Waals surface area contributed by atoms with Gasteiger partial charge >= 0.3 is 0 Å². The van der Waals surface area contributed by atoms with E-state index in [1.165, 1.54) is 0 Å². The number of hydrogen-bond donors (Lipinski definition) is 1. The number of aryl methyl sites for hydroxylation is 2. The molecule has 0 aliphatic carbocycles. The highest BCUT2D eigenvalue weighted by Gasteiger charge is 2.11. The Morgan fingerprint density at radius 2 is 1.65 bits per heavy atom. The van der Waals surface area contributed by atoms with E-state index in [-0.39, 0.29) is 5.91 Å². The van der Waals surface area contributed by atoms with Crippen molar-refractivity contribution in [3.63, 3.8) is 0 Å². The van der Waals surface area contributed by atoms with Gasteiger partial charge in [0.25, 0.3) is 5.91 Å². The van der Waals surface area contributed by atoms with Crippen molar-refractivity contribution < 1.29 is 4.79 Å². The Hall–Kier alpha value is -3.40. The Bertz CT molecular complexity index is 1080. The number of benzene rings is 3. The smallest absolute Gasteiger partial charge is 0.255 e. The summed E-state index contributed by atoms with van der Waals surface area (Å²) in [6.45, 7) is 4.04. The number of hydrogen-bond acceptors (Lipinski definition) is 2. The summed E-state index contributed by atoms with van der Waals surface area (Å²) in [6, 6.07) is 21.6. The molecule has 4 rings (SSSR count). The van der Waals surface area contributed by atoms with E-state index >= 15 is 0 Å². The summed E-state index contributed by atoms with van der Waals surface area (Å²) in [5.41, 5.74) is 6.45. The van der Waals surface area contributed by atoms with Gasteiger partial charge in [-0.05, 0) is 67.4 Å². The molecule has 3 aromatic carbocycles. The third kappa shape index (κ3) is 3.09. The summed E-state index contributed by atoms with van der Waals surface area (Å²) in [5.74, 6) is -0.133. The summed E-state index contributed by atoms with van der Waals surface area (Å²) in [5, 5.41) is 2.97. The Labute approximate surface area is 152 Å². The molecule has 0 unspecified atom stereocenters. The zero-order chi connectivity index (χ0) is 18.1. The Balaban J connectivity index is 1.64. The maximum absolute atomic E-state index is 12.6. The molecule has 4 heteroatoms. The number of fused-ring (bicyclic) bond motifs is 1. The van der Waals surface area contributed by atoms with E-state index < -0.39 is 0 Å². The summed E-state index contributed by atoms with van der Waals surface area (Å²) in [7, 11) is 0. The third-order valence-corrected chi connectivity index (χ3v) is 4.32. The number of nitrogens with zero attached hydrogens (tertiary/aromatic N) is 2. The van der Waals surface area contributed by atoms with Crippen molar-refractivity contribution in [3.05, 3.63) is 89.7 Å². The van der Waals surface area contributed by atoms with Gasteiger partial charge in [-0.3, -0.25) is 9.36 Å². The minimum absolute atomic E-state index is 0.133. The maximum Gasteiger partial charge on any atom is 0.255 e. The second-order valence-electron chi connectivity index (χ2n) is 6.48. The van der Waals surface area contributed by atoms with Crippen LogP contribution in [0.3, 0.4) is 0 Å². The standard InChI is InChI=1S/C22H19N3O/c1-15-10-16(2)12-18(11-15)24-22(26)17-8-9-21-20(13-17)23-14-25(21)19-6-4-3-5-7-19/h3-14H,1-2H3,(H,24,26). The highest BCUT2D eigenvalue weighted by Crippen LogP contribution is 2.20. The number of nitrogens with one attached hydrogen (secondary N) is 1. The highest BCUT2D eigenvalue weighted by molar-refractivity contribution is 6.06. The van der Waals surface area contributed by atoms with Crippen LogP contribution in [0.15, 0.2) is 73.1 Å². The third-order valence-electron chi connectivity index (χ3n) is 4.32. The molecular weight excluding hydrogens is 322 g/mol. The lowest BCUT2D eigenvalue weighted by atomic mass is 10.1. The molecule has 0 spiro atoms. The summed E-state index contributed by atoms with van der Waals surface area (Å²) < 4.78 is 2.01. The number of rotatable bonds is 3. The Morgan fingerprint density at radius 1 is 0.923 bits per heavy atom. The summed E-state index contributed by atoms with van der Waals surface area (Å²) in [6.07, 6.45) is 1.78. The van der Waals surface area contributed by atoms with E-state index in [1.54, 1.807) is 6.33 Å². The van der Waals surface area contributed by atoms with E-state index in [0.29, 0.717) is 5.56 Å². The van der Waals surface area contributed by atoms with Gasteiger partial charge in [0, 0.05) is 16.9 Å². The van der Waals surface area contributed by atoms with Crippen LogP contribution in [0.25, 0.3) is 16.7 Å². The lowest BCUT2D eigenvalue weighted by molar-refractivity contribution is 0.102. The molecule has 26 heavy (non-hydrogen) atoms. The van der Waals surface area contributed by atoms with Crippen LogP contribution in [-0.4, -0.2) is 15.5 Å². The normalized spacial score (nSPS) is 10.8. The van der Waals surface area contributed by atoms with Gasteiger partial charge in [-0.15, -0.1) is 0 Å². The fourth-order valence-electron chi connectivity index (χ4n) is 3.20. The summed E-state index contributed by atoms with van der Waals surface area (Å²) in [4.78, 5) is 17.1. The molecule has 0 saturated carbocycles. The van der Waals surface area contributed by atoms with E-state index in [4.69, 9.17) is 0 Å². The molecule has 128 valence electrons. The van der Waals surface area contributed by atoms with Crippen molar-refractivity contribution in [2.45, 2.75) is 13.8 Å². The van der Waals surface area contributed by atoms with Crippen molar-refractivity contribution in [2.24, 2.45) is 0 Å². The van der Waals surface area contributed by atoms with Crippen LogP contribution in [0.4, 0.5) is 5.69 Å². The molecule has 1 heterocycles. The monoisotopic (exact) mass is 341 g/mol. The average Bonchev–Trinajstić information content (AvgIpc) is 3.04. The number of para-hydroxylation sites is 1. The number of amides is 1. The van der Waals surface area contributed by atoms with Gasteiger partial charge in [0.15, 0.2) is 0 Å². The molecule has 0 aliphatic heterocycles. The van der Waals surface area contributed by atoms with E-state index in [9.17, 15) is 4.79 Å². The van der Waals surface area contributed by atoms with Crippen LogP contribution in [0.2, 0.25) is 0 Å². The lowest BCUT2D eigenvalue weighted by Gasteiger charge is -2.08. The van der Waals surface area contributed by atoms with Gasteiger partial charge in [0.1, 0.15) is 6.33 Å². The van der Waals surface area contributed by atoms with E-state index in [0.717, 1.165) is 33.5 Å². The van der Waals surface area contributed by atoms with E-state index in [1.807, 2.05) is 79.1 Å². The van der Waals surface area contributed by atoms with Crippen molar-refractivity contribution in [2.75, 3.05) is 5.32 Å². The van der Waals surface area contributed by atoms with Crippen molar-refractivity contribution in [1.82, 2.24) is 9.55 Å². The molecule has 4 aromatic rings. The van der Waals surface area contributed by atoms with Crippen LogP contribution < -0.4 is 5.32 Å².